The predicted molar refractivity (Wildman–Crippen MR) is 60.9 cm³/mol. The zero-order valence-corrected chi connectivity index (χ0v) is 9.60. The number of carboxylic acid groups (broad SMARTS) is 1. The van der Waals surface area contributed by atoms with Gasteiger partial charge in [-0.3, -0.25) is 4.68 Å². The molecule has 2 aromatic heterocycles. The number of furan rings is 1. The van der Waals surface area contributed by atoms with Gasteiger partial charge < -0.3 is 14.8 Å². The minimum atomic E-state index is -0.988. The molecular weight excluding hydrogens is 222 g/mol. The van der Waals surface area contributed by atoms with Gasteiger partial charge in [0.1, 0.15) is 11.3 Å². The number of carboxylic acids is 1. The number of anilines is 1. The van der Waals surface area contributed by atoms with Crippen LogP contribution in [0.25, 0.3) is 0 Å². The molecule has 90 valence electrons. The average Bonchev–Trinajstić information content (AvgIpc) is 2.82. The number of hydrogen-bond acceptors (Lipinski definition) is 4. The van der Waals surface area contributed by atoms with Gasteiger partial charge in [-0.15, -0.1) is 0 Å². The van der Waals surface area contributed by atoms with Gasteiger partial charge in [0.2, 0.25) is 0 Å². The van der Waals surface area contributed by atoms with Crippen molar-refractivity contribution < 1.29 is 14.3 Å². The van der Waals surface area contributed by atoms with Crippen molar-refractivity contribution in [1.29, 1.82) is 0 Å². The van der Waals surface area contributed by atoms with Crippen molar-refractivity contribution in [3.05, 3.63) is 35.5 Å². The molecular formula is C11H13N3O3. The normalized spacial score (nSPS) is 10.5. The van der Waals surface area contributed by atoms with Crippen molar-refractivity contribution in [2.45, 2.75) is 13.5 Å². The second kappa shape index (κ2) is 4.32. The SMILES string of the molecule is Cc1nn(C)cc1NCc1occc1C(=O)O. The smallest absolute Gasteiger partial charge is 0.339 e. The van der Waals surface area contributed by atoms with E-state index in [-0.39, 0.29) is 5.56 Å². The predicted octanol–water partition coefficient (Wildman–Crippen LogP) is 1.63. The van der Waals surface area contributed by atoms with E-state index >= 15 is 0 Å². The Morgan fingerprint density at radius 3 is 3.00 bits per heavy atom. The maximum Gasteiger partial charge on any atom is 0.339 e. The van der Waals surface area contributed by atoms with Gasteiger partial charge in [-0.25, -0.2) is 4.79 Å². The van der Waals surface area contributed by atoms with Crippen LogP contribution < -0.4 is 5.32 Å². The Hall–Kier alpha value is -2.24. The molecule has 0 aromatic carbocycles. The Kier molecular flexibility index (Phi) is 2.86. The Balaban J connectivity index is 2.10. The highest BCUT2D eigenvalue weighted by atomic mass is 16.4. The summed E-state index contributed by atoms with van der Waals surface area (Å²) in [7, 11) is 1.83. The van der Waals surface area contributed by atoms with Crippen LogP contribution >= 0.6 is 0 Å². The van der Waals surface area contributed by atoms with Gasteiger partial charge >= 0.3 is 5.97 Å². The molecule has 0 aliphatic carbocycles. The number of nitrogens with one attached hydrogen (secondary N) is 1. The second-order valence-corrected chi connectivity index (χ2v) is 3.72. The second-order valence-electron chi connectivity index (χ2n) is 3.72. The molecule has 0 unspecified atom stereocenters. The summed E-state index contributed by atoms with van der Waals surface area (Å²) < 4.78 is 6.82. The third-order valence-corrected chi connectivity index (χ3v) is 2.43. The van der Waals surface area contributed by atoms with Gasteiger partial charge in [-0.1, -0.05) is 0 Å². The topological polar surface area (TPSA) is 80.3 Å². The fraction of sp³-hybridized carbons (Fsp3) is 0.273. The Morgan fingerprint density at radius 1 is 1.65 bits per heavy atom. The quantitative estimate of drug-likeness (QED) is 0.841. The van der Waals surface area contributed by atoms with Crippen LogP contribution in [0.5, 0.6) is 0 Å². The molecule has 2 aromatic rings. The molecule has 0 saturated carbocycles. The summed E-state index contributed by atoms with van der Waals surface area (Å²) >= 11 is 0. The lowest BCUT2D eigenvalue weighted by Gasteiger charge is -2.02. The molecule has 17 heavy (non-hydrogen) atoms. The van der Waals surface area contributed by atoms with Crippen LogP contribution in [0.3, 0.4) is 0 Å². The van der Waals surface area contributed by atoms with Crippen LogP contribution in [0.4, 0.5) is 5.69 Å². The fourth-order valence-electron chi connectivity index (χ4n) is 1.62. The van der Waals surface area contributed by atoms with Crippen molar-refractivity contribution in [1.82, 2.24) is 9.78 Å². The van der Waals surface area contributed by atoms with E-state index in [2.05, 4.69) is 10.4 Å². The molecule has 0 saturated heterocycles. The summed E-state index contributed by atoms with van der Waals surface area (Å²) in [5.41, 5.74) is 1.90. The first kappa shape index (κ1) is 11.3. The summed E-state index contributed by atoms with van der Waals surface area (Å²) in [5.74, 6) is -0.584. The number of hydrogen-bond donors (Lipinski definition) is 2. The van der Waals surface area contributed by atoms with Crippen LogP contribution in [0, 0.1) is 6.92 Å². The molecule has 6 nitrogen and oxygen atoms in total. The molecule has 0 radical (unpaired) electrons. The van der Waals surface area contributed by atoms with E-state index in [4.69, 9.17) is 9.52 Å². The van der Waals surface area contributed by atoms with E-state index in [0.717, 1.165) is 11.4 Å². The van der Waals surface area contributed by atoms with E-state index in [9.17, 15) is 4.79 Å². The van der Waals surface area contributed by atoms with Crippen molar-refractivity contribution in [2.24, 2.45) is 7.05 Å². The third kappa shape index (κ3) is 2.30. The van der Waals surface area contributed by atoms with Gasteiger partial charge in [0.15, 0.2) is 0 Å². The lowest BCUT2D eigenvalue weighted by atomic mass is 10.2. The molecule has 0 aliphatic heterocycles. The standard InChI is InChI=1S/C11H13N3O3/c1-7-9(6-14(2)13-7)12-5-10-8(11(15)16)3-4-17-10/h3-4,6,12H,5H2,1-2H3,(H,15,16). The minimum Gasteiger partial charge on any atom is -0.478 e. The van der Waals surface area contributed by atoms with Crippen LogP contribution in [-0.2, 0) is 13.6 Å². The first-order chi connectivity index (χ1) is 8.08. The molecule has 2 rings (SSSR count). The summed E-state index contributed by atoms with van der Waals surface area (Å²) in [4.78, 5) is 10.9. The van der Waals surface area contributed by atoms with Crippen molar-refractivity contribution in [3.8, 4) is 0 Å². The zero-order valence-electron chi connectivity index (χ0n) is 9.60. The number of carbonyl (C=O) groups is 1. The monoisotopic (exact) mass is 235 g/mol. The molecule has 0 aliphatic rings. The lowest BCUT2D eigenvalue weighted by Crippen LogP contribution is -2.04. The minimum absolute atomic E-state index is 0.180. The molecule has 0 atom stereocenters. The number of aryl methyl sites for hydroxylation is 2. The molecule has 2 heterocycles. The van der Waals surface area contributed by atoms with Crippen LogP contribution in [0.1, 0.15) is 21.8 Å². The Morgan fingerprint density at radius 2 is 2.41 bits per heavy atom. The van der Waals surface area contributed by atoms with Gasteiger partial charge in [0, 0.05) is 13.2 Å². The van der Waals surface area contributed by atoms with Crippen molar-refractivity contribution in [3.63, 3.8) is 0 Å². The molecule has 0 fully saturated rings. The van der Waals surface area contributed by atoms with Gasteiger partial charge in [-0.2, -0.15) is 5.10 Å². The van der Waals surface area contributed by atoms with Gasteiger partial charge in [0.25, 0.3) is 0 Å². The molecule has 0 spiro atoms. The molecule has 0 amide bonds. The summed E-state index contributed by atoms with van der Waals surface area (Å²) in [6, 6.07) is 1.44. The summed E-state index contributed by atoms with van der Waals surface area (Å²) in [6.07, 6.45) is 3.20. The summed E-state index contributed by atoms with van der Waals surface area (Å²) in [5, 5.41) is 16.2. The van der Waals surface area contributed by atoms with Crippen molar-refractivity contribution >= 4 is 11.7 Å². The first-order valence-electron chi connectivity index (χ1n) is 5.11. The number of rotatable bonds is 4. The highest BCUT2D eigenvalue weighted by Gasteiger charge is 2.13. The van der Waals surface area contributed by atoms with Gasteiger partial charge in [0.05, 0.1) is 24.2 Å². The summed E-state index contributed by atoms with van der Waals surface area (Å²) in [6.45, 7) is 2.20. The number of nitrogens with zero attached hydrogens (tertiary/aromatic N) is 2. The molecule has 2 N–H and O–H groups in total. The number of aromatic nitrogens is 2. The van der Waals surface area contributed by atoms with E-state index in [0.29, 0.717) is 12.3 Å². The van der Waals surface area contributed by atoms with Crippen LogP contribution in [0.15, 0.2) is 22.9 Å². The Bertz CT molecular complexity index is 542. The van der Waals surface area contributed by atoms with E-state index in [1.807, 2.05) is 20.2 Å². The van der Waals surface area contributed by atoms with Crippen molar-refractivity contribution in [2.75, 3.05) is 5.32 Å². The molecule has 0 bridgehead atoms. The molecule has 6 heteroatoms. The highest BCUT2D eigenvalue weighted by molar-refractivity contribution is 5.88. The first-order valence-corrected chi connectivity index (χ1v) is 5.11. The lowest BCUT2D eigenvalue weighted by molar-refractivity contribution is 0.0694. The highest BCUT2D eigenvalue weighted by Crippen LogP contribution is 2.16. The zero-order chi connectivity index (χ0) is 12.4. The third-order valence-electron chi connectivity index (χ3n) is 2.43. The Labute approximate surface area is 97.9 Å². The maximum atomic E-state index is 10.9. The maximum absolute atomic E-state index is 10.9. The van der Waals surface area contributed by atoms with E-state index in [1.165, 1.54) is 12.3 Å². The van der Waals surface area contributed by atoms with Crippen LogP contribution in [-0.4, -0.2) is 20.9 Å². The largest absolute Gasteiger partial charge is 0.478 e. The van der Waals surface area contributed by atoms with Crippen LogP contribution in [0.2, 0.25) is 0 Å². The van der Waals surface area contributed by atoms with Gasteiger partial charge in [-0.05, 0) is 13.0 Å². The van der Waals surface area contributed by atoms with E-state index in [1.54, 1.807) is 4.68 Å². The van der Waals surface area contributed by atoms with E-state index < -0.39 is 5.97 Å². The fourth-order valence-corrected chi connectivity index (χ4v) is 1.62. The average molecular weight is 235 g/mol. The number of aromatic carboxylic acids is 1.